The fraction of sp³-hybridized carbons (Fsp3) is 0.364. The normalized spacial score (nSPS) is 18.9. The second-order valence-corrected chi connectivity index (χ2v) is 8.97. The van der Waals surface area contributed by atoms with Crippen molar-refractivity contribution in [3.05, 3.63) is 65.6 Å². The molecule has 0 saturated heterocycles. The molecule has 24 heavy (non-hydrogen) atoms. The Morgan fingerprint density at radius 2 is 1.00 bits per heavy atom. The zero-order chi connectivity index (χ0) is 17.2. The zero-order valence-corrected chi connectivity index (χ0v) is 17.9. The maximum absolute atomic E-state index is 3.74. The van der Waals surface area contributed by atoms with Gasteiger partial charge in [-0.25, -0.2) is 0 Å². The second kappa shape index (κ2) is 5.85. The standard InChI is InChI=1S/C22H22Br2/c1-11-9-19(23)13(3)15-5-7-17(21(11)15)18-8-6-16-14(4)20(24)10-12(2)22(16)18/h9-10H,5-8H2,1-4H3/b18-17-. The summed E-state index contributed by atoms with van der Waals surface area (Å²) in [7, 11) is 0. The van der Waals surface area contributed by atoms with Crippen LogP contribution in [-0.4, -0.2) is 0 Å². The molecular formula is C22H22Br2. The molecule has 2 aromatic carbocycles. The van der Waals surface area contributed by atoms with E-state index >= 15 is 0 Å². The molecule has 2 aromatic rings. The molecule has 2 heteroatoms. The first-order chi connectivity index (χ1) is 11.4. The maximum atomic E-state index is 3.74. The number of halogens is 2. The minimum atomic E-state index is 1.18. The Morgan fingerprint density at radius 3 is 1.38 bits per heavy atom. The van der Waals surface area contributed by atoms with E-state index in [1.165, 1.54) is 56.9 Å². The van der Waals surface area contributed by atoms with E-state index in [1.807, 2.05) is 0 Å². The summed E-state index contributed by atoms with van der Waals surface area (Å²) < 4.78 is 2.51. The van der Waals surface area contributed by atoms with Gasteiger partial charge >= 0.3 is 0 Å². The van der Waals surface area contributed by atoms with E-state index in [1.54, 1.807) is 33.4 Å². The highest BCUT2D eigenvalue weighted by atomic mass is 79.9. The van der Waals surface area contributed by atoms with Crippen LogP contribution in [0, 0.1) is 27.7 Å². The first-order valence-corrected chi connectivity index (χ1v) is 10.3. The first kappa shape index (κ1) is 16.6. The highest BCUT2D eigenvalue weighted by Crippen LogP contribution is 2.48. The van der Waals surface area contributed by atoms with Crippen molar-refractivity contribution in [2.75, 3.05) is 0 Å². The number of fused-ring (bicyclic) bond motifs is 2. The van der Waals surface area contributed by atoms with Gasteiger partial charge in [0, 0.05) is 8.95 Å². The van der Waals surface area contributed by atoms with E-state index < -0.39 is 0 Å². The smallest absolute Gasteiger partial charge is 0.0210 e. The van der Waals surface area contributed by atoms with Crippen molar-refractivity contribution in [1.82, 2.24) is 0 Å². The predicted octanol–water partition coefficient (Wildman–Crippen LogP) is 7.25. The molecule has 2 aliphatic carbocycles. The zero-order valence-electron chi connectivity index (χ0n) is 14.7. The lowest BCUT2D eigenvalue weighted by Crippen LogP contribution is -1.96. The molecule has 0 nitrogen and oxygen atoms in total. The van der Waals surface area contributed by atoms with Crippen molar-refractivity contribution >= 4 is 43.0 Å². The van der Waals surface area contributed by atoms with Gasteiger partial charge < -0.3 is 0 Å². The minimum Gasteiger partial charge on any atom is -0.0505 e. The van der Waals surface area contributed by atoms with Gasteiger partial charge in [0.1, 0.15) is 0 Å². The van der Waals surface area contributed by atoms with Gasteiger partial charge in [-0.15, -0.1) is 0 Å². The van der Waals surface area contributed by atoms with Gasteiger partial charge in [-0.1, -0.05) is 31.9 Å². The van der Waals surface area contributed by atoms with Crippen LogP contribution in [0.2, 0.25) is 0 Å². The number of rotatable bonds is 0. The van der Waals surface area contributed by atoms with Crippen LogP contribution >= 0.6 is 31.9 Å². The van der Waals surface area contributed by atoms with Gasteiger partial charge in [-0.3, -0.25) is 0 Å². The maximum Gasteiger partial charge on any atom is 0.0210 e. The second-order valence-electron chi connectivity index (χ2n) is 7.26. The van der Waals surface area contributed by atoms with E-state index in [2.05, 4.69) is 71.7 Å². The Hall–Kier alpha value is -0.860. The number of hydrogen-bond acceptors (Lipinski definition) is 0. The van der Waals surface area contributed by atoms with Crippen molar-refractivity contribution in [2.45, 2.75) is 53.4 Å². The van der Waals surface area contributed by atoms with Crippen molar-refractivity contribution in [2.24, 2.45) is 0 Å². The largest absolute Gasteiger partial charge is 0.0505 e. The predicted molar refractivity (Wildman–Crippen MR) is 111 cm³/mol. The van der Waals surface area contributed by atoms with Crippen LogP contribution in [0.3, 0.4) is 0 Å². The number of benzene rings is 2. The van der Waals surface area contributed by atoms with Crippen molar-refractivity contribution in [3.63, 3.8) is 0 Å². The summed E-state index contributed by atoms with van der Waals surface area (Å²) in [6.45, 7) is 9.05. The Balaban J connectivity index is 2.00. The van der Waals surface area contributed by atoms with Gasteiger partial charge in [0.2, 0.25) is 0 Å². The minimum absolute atomic E-state index is 1.18. The monoisotopic (exact) mass is 444 g/mol. The average Bonchev–Trinajstić information content (AvgIpc) is 3.14. The molecule has 0 aliphatic heterocycles. The summed E-state index contributed by atoms with van der Waals surface area (Å²) in [5, 5.41) is 0. The molecule has 0 unspecified atom stereocenters. The summed E-state index contributed by atoms with van der Waals surface area (Å²) >= 11 is 7.47. The first-order valence-electron chi connectivity index (χ1n) is 8.70. The van der Waals surface area contributed by atoms with Crippen molar-refractivity contribution in [1.29, 1.82) is 0 Å². The topological polar surface area (TPSA) is 0 Å². The molecule has 0 saturated carbocycles. The molecule has 0 atom stereocenters. The third kappa shape index (κ3) is 2.29. The third-order valence-electron chi connectivity index (χ3n) is 5.92. The fourth-order valence-corrected chi connectivity index (χ4v) is 5.86. The molecule has 0 radical (unpaired) electrons. The quantitative estimate of drug-likeness (QED) is 0.400. The third-order valence-corrected chi connectivity index (χ3v) is 7.57. The number of hydrogen-bond donors (Lipinski definition) is 0. The van der Waals surface area contributed by atoms with Gasteiger partial charge in [-0.05, 0) is 121 Å². The van der Waals surface area contributed by atoms with E-state index in [-0.39, 0.29) is 0 Å². The van der Waals surface area contributed by atoms with Gasteiger partial charge in [-0.2, -0.15) is 0 Å². The lowest BCUT2D eigenvalue weighted by molar-refractivity contribution is 1.04. The molecule has 0 N–H and O–H groups in total. The van der Waals surface area contributed by atoms with Crippen molar-refractivity contribution in [3.8, 4) is 0 Å². The Labute approximate surface area is 161 Å². The fourth-order valence-electron chi connectivity index (χ4n) is 4.70. The molecule has 0 heterocycles. The summed E-state index contributed by atoms with van der Waals surface area (Å²) in [6, 6.07) is 4.60. The summed E-state index contributed by atoms with van der Waals surface area (Å²) in [6.07, 6.45) is 4.75. The van der Waals surface area contributed by atoms with E-state index in [4.69, 9.17) is 0 Å². The Morgan fingerprint density at radius 1 is 0.625 bits per heavy atom. The summed E-state index contributed by atoms with van der Waals surface area (Å²) in [5.74, 6) is 0. The molecule has 2 aliphatic rings. The van der Waals surface area contributed by atoms with Crippen LogP contribution in [0.4, 0.5) is 0 Å². The van der Waals surface area contributed by atoms with E-state index in [0.717, 1.165) is 0 Å². The lowest BCUT2D eigenvalue weighted by Gasteiger charge is -2.16. The van der Waals surface area contributed by atoms with Crippen LogP contribution in [-0.2, 0) is 12.8 Å². The van der Waals surface area contributed by atoms with Crippen molar-refractivity contribution < 1.29 is 0 Å². The summed E-state index contributed by atoms with van der Waals surface area (Å²) in [4.78, 5) is 0. The SMILES string of the molecule is Cc1cc(Br)c(C)c2c1/C(=C1/CCc3c(C)c(Br)cc(C)c31)CC2. The molecule has 0 fully saturated rings. The van der Waals surface area contributed by atoms with Crippen LogP contribution in [0.1, 0.15) is 57.3 Å². The lowest BCUT2D eigenvalue weighted by atomic mass is 9.90. The molecule has 0 amide bonds. The van der Waals surface area contributed by atoms with Crippen LogP contribution in [0.5, 0.6) is 0 Å². The highest BCUT2D eigenvalue weighted by Gasteiger charge is 2.29. The van der Waals surface area contributed by atoms with Gasteiger partial charge in [0.05, 0.1) is 0 Å². The van der Waals surface area contributed by atoms with Crippen LogP contribution in [0.15, 0.2) is 21.1 Å². The van der Waals surface area contributed by atoms with Crippen LogP contribution < -0.4 is 0 Å². The summed E-state index contributed by atoms with van der Waals surface area (Å²) in [5.41, 5.74) is 15.1. The number of allylic oxidation sites excluding steroid dienone is 2. The van der Waals surface area contributed by atoms with Gasteiger partial charge in [0.15, 0.2) is 0 Å². The molecule has 0 aromatic heterocycles. The molecule has 124 valence electrons. The Kier molecular flexibility index (Phi) is 4.04. The average molecular weight is 446 g/mol. The Bertz CT molecular complexity index is 841. The molecule has 0 spiro atoms. The number of aryl methyl sites for hydroxylation is 2. The van der Waals surface area contributed by atoms with E-state index in [9.17, 15) is 0 Å². The van der Waals surface area contributed by atoms with E-state index in [0.29, 0.717) is 0 Å². The molecular weight excluding hydrogens is 424 g/mol. The van der Waals surface area contributed by atoms with Gasteiger partial charge in [0.25, 0.3) is 0 Å². The molecule has 0 bridgehead atoms. The molecule has 4 rings (SSSR count). The highest BCUT2D eigenvalue weighted by molar-refractivity contribution is 9.10. The van der Waals surface area contributed by atoms with Crippen LogP contribution in [0.25, 0.3) is 11.1 Å².